The first-order valence-electron chi connectivity index (χ1n) is 3.60. The highest BCUT2D eigenvalue weighted by Crippen LogP contribution is 1.76. The molecule has 58 valence electrons. The Balaban J connectivity index is 0. The van der Waals surface area contributed by atoms with Gasteiger partial charge in [0, 0.05) is 6.61 Å². The Labute approximate surface area is 57.8 Å². The number of aliphatic hydroxyl groups is 1. The Bertz CT molecular complexity index is 26.1. The summed E-state index contributed by atoms with van der Waals surface area (Å²) in [6.45, 7) is 7.42. The molecule has 0 saturated carbocycles. The molecular formula is C7H18O2. The minimum Gasteiger partial charge on any atom is -0.394 e. The van der Waals surface area contributed by atoms with E-state index in [1.54, 1.807) is 0 Å². The third-order valence-electron chi connectivity index (χ3n) is 0.584. The van der Waals surface area contributed by atoms with Gasteiger partial charge in [0.1, 0.15) is 0 Å². The van der Waals surface area contributed by atoms with Gasteiger partial charge in [-0.3, -0.25) is 0 Å². The molecule has 0 fully saturated rings. The smallest absolute Gasteiger partial charge is 0.0697 e. The molecule has 0 saturated heterocycles. The molecule has 0 aromatic rings. The molecule has 1 N–H and O–H groups in total. The van der Waals surface area contributed by atoms with Crippen molar-refractivity contribution in [2.24, 2.45) is 0 Å². The Kier molecular flexibility index (Phi) is 20.3. The standard InChI is InChI=1S/C5H12O2.C2H6/c1-2-4-7-5-3-6;1-2/h6H,2-5H2,1H3;1-2H3. The SMILES string of the molecule is CC.CCCOCCO. The quantitative estimate of drug-likeness (QED) is 0.589. The first-order valence-corrected chi connectivity index (χ1v) is 3.60. The van der Waals surface area contributed by atoms with Gasteiger partial charge in [0.05, 0.1) is 13.2 Å². The van der Waals surface area contributed by atoms with Crippen LogP contribution in [0.25, 0.3) is 0 Å². The van der Waals surface area contributed by atoms with Crippen LogP contribution in [-0.2, 0) is 4.74 Å². The lowest BCUT2D eigenvalue weighted by Crippen LogP contribution is -1.98. The topological polar surface area (TPSA) is 29.5 Å². The summed E-state index contributed by atoms with van der Waals surface area (Å²) in [6.07, 6.45) is 1.03. The molecular weight excluding hydrogens is 116 g/mol. The van der Waals surface area contributed by atoms with Crippen LogP contribution in [0.15, 0.2) is 0 Å². The molecule has 0 bridgehead atoms. The fourth-order valence-electron chi connectivity index (χ4n) is 0.311. The molecule has 0 amide bonds. The molecule has 0 aliphatic rings. The van der Waals surface area contributed by atoms with Crippen LogP contribution >= 0.6 is 0 Å². The maximum Gasteiger partial charge on any atom is 0.0697 e. The van der Waals surface area contributed by atoms with Gasteiger partial charge in [-0.15, -0.1) is 0 Å². The van der Waals surface area contributed by atoms with Crippen LogP contribution in [0.3, 0.4) is 0 Å². The van der Waals surface area contributed by atoms with Gasteiger partial charge in [-0.05, 0) is 6.42 Å². The van der Waals surface area contributed by atoms with E-state index < -0.39 is 0 Å². The first-order chi connectivity index (χ1) is 4.41. The number of rotatable bonds is 4. The highest BCUT2D eigenvalue weighted by atomic mass is 16.5. The molecule has 0 aliphatic carbocycles. The lowest BCUT2D eigenvalue weighted by Gasteiger charge is -1.94. The summed E-state index contributed by atoms with van der Waals surface area (Å²) in [6, 6.07) is 0. The Morgan fingerprint density at radius 2 is 1.78 bits per heavy atom. The minimum absolute atomic E-state index is 0.139. The van der Waals surface area contributed by atoms with Gasteiger partial charge >= 0.3 is 0 Å². The first kappa shape index (κ1) is 11.7. The zero-order valence-corrected chi connectivity index (χ0v) is 6.68. The van der Waals surface area contributed by atoms with E-state index in [4.69, 9.17) is 9.84 Å². The normalized spacial score (nSPS) is 8.00. The zero-order valence-electron chi connectivity index (χ0n) is 6.68. The van der Waals surface area contributed by atoms with E-state index in [0.29, 0.717) is 6.61 Å². The lowest BCUT2D eigenvalue weighted by atomic mass is 10.5. The molecule has 0 rings (SSSR count). The summed E-state index contributed by atoms with van der Waals surface area (Å²) in [7, 11) is 0. The summed E-state index contributed by atoms with van der Waals surface area (Å²) in [4.78, 5) is 0. The van der Waals surface area contributed by atoms with Crippen molar-refractivity contribution in [1.82, 2.24) is 0 Å². The van der Waals surface area contributed by atoms with Crippen LogP contribution in [0.5, 0.6) is 0 Å². The van der Waals surface area contributed by atoms with Gasteiger partial charge in [-0.2, -0.15) is 0 Å². The predicted octanol–water partition coefficient (Wildman–Crippen LogP) is 1.43. The minimum atomic E-state index is 0.139. The molecule has 0 heterocycles. The monoisotopic (exact) mass is 134 g/mol. The molecule has 0 aromatic carbocycles. The predicted molar refractivity (Wildman–Crippen MR) is 39.5 cm³/mol. The molecule has 0 aliphatic heterocycles. The van der Waals surface area contributed by atoms with Crippen molar-refractivity contribution >= 4 is 0 Å². The average Bonchev–Trinajstić information content (AvgIpc) is 1.94. The van der Waals surface area contributed by atoms with Crippen molar-refractivity contribution in [2.45, 2.75) is 27.2 Å². The molecule has 2 heteroatoms. The Morgan fingerprint density at radius 3 is 2.11 bits per heavy atom. The van der Waals surface area contributed by atoms with Gasteiger partial charge in [-0.1, -0.05) is 20.8 Å². The van der Waals surface area contributed by atoms with Crippen molar-refractivity contribution in [3.63, 3.8) is 0 Å². The summed E-state index contributed by atoms with van der Waals surface area (Å²) in [5.74, 6) is 0. The fraction of sp³-hybridized carbons (Fsp3) is 1.00. The van der Waals surface area contributed by atoms with Crippen LogP contribution in [0.1, 0.15) is 27.2 Å². The van der Waals surface area contributed by atoms with E-state index in [1.165, 1.54) is 0 Å². The van der Waals surface area contributed by atoms with Crippen LogP contribution in [-0.4, -0.2) is 24.9 Å². The fourth-order valence-corrected chi connectivity index (χ4v) is 0.311. The average molecular weight is 134 g/mol. The third-order valence-corrected chi connectivity index (χ3v) is 0.584. The molecule has 0 atom stereocenters. The maximum atomic E-state index is 8.17. The number of hydrogen-bond donors (Lipinski definition) is 1. The molecule has 0 radical (unpaired) electrons. The van der Waals surface area contributed by atoms with Gasteiger partial charge in [0.25, 0.3) is 0 Å². The van der Waals surface area contributed by atoms with Crippen molar-refractivity contribution in [2.75, 3.05) is 19.8 Å². The molecule has 0 aromatic heterocycles. The highest BCUT2D eigenvalue weighted by molar-refractivity contribution is 4.24. The van der Waals surface area contributed by atoms with Crippen LogP contribution < -0.4 is 0 Å². The van der Waals surface area contributed by atoms with Crippen LogP contribution in [0.2, 0.25) is 0 Å². The summed E-state index contributed by atoms with van der Waals surface area (Å²) < 4.78 is 4.88. The van der Waals surface area contributed by atoms with E-state index in [2.05, 4.69) is 0 Å². The van der Waals surface area contributed by atoms with E-state index in [9.17, 15) is 0 Å². The summed E-state index contributed by atoms with van der Waals surface area (Å²) in [5.41, 5.74) is 0. The van der Waals surface area contributed by atoms with E-state index in [0.717, 1.165) is 13.0 Å². The van der Waals surface area contributed by atoms with Gasteiger partial charge in [-0.25, -0.2) is 0 Å². The van der Waals surface area contributed by atoms with Crippen LogP contribution in [0.4, 0.5) is 0 Å². The molecule has 0 unspecified atom stereocenters. The second kappa shape index (κ2) is 15.7. The third kappa shape index (κ3) is 18.1. The van der Waals surface area contributed by atoms with E-state index in [1.807, 2.05) is 20.8 Å². The maximum absolute atomic E-state index is 8.17. The van der Waals surface area contributed by atoms with Crippen molar-refractivity contribution < 1.29 is 9.84 Å². The van der Waals surface area contributed by atoms with E-state index in [-0.39, 0.29) is 6.61 Å². The second-order valence-electron chi connectivity index (χ2n) is 1.34. The number of aliphatic hydroxyl groups excluding tert-OH is 1. The highest BCUT2D eigenvalue weighted by Gasteiger charge is 1.78. The van der Waals surface area contributed by atoms with Gasteiger partial charge in [0.2, 0.25) is 0 Å². The molecule has 2 nitrogen and oxygen atoms in total. The van der Waals surface area contributed by atoms with Crippen LogP contribution in [0, 0.1) is 0 Å². The largest absolute Gasteiger partial charge is 0.394 e. The van der Waals surface area contributed by atoms with Crippen molar-refractivity contribution in [3.8, 4) is 0 Å². The summed E-state index contributed by atoms with van der Waals surface area (Å²) >= 11 is 0. The second-order valence-corrected chi connectivity index (χ2v) is 1.34. The van der Waals surface area contributed by atoms with E-state index >= 15 is 0 Å². The number of ether oxygens (including phenoxy) is 1. The molecule has 9 heavy (non-hydrogen) atoms. The summed E-state index contributed by atoms with van der Waals surface area (Å²) in [5, 5.41) is 8.17. The van der Waals surface area contributed by atoms with Crippen molar-refractivity contribution in [3.05, 3.63) is 0 Å². The Hall–Kier alpha value is -0.0800. The lowest BCUT2D eigenvalue weighted by molar-refractivity contribution is 0.0928. The van der Waals surface area contributed by atoms with Gasteiger partial charge in [0.15, 0.2) is 0 Å². The zero-order chi connectivity index (χ0) is 7.54. The van der Waals surface area contributed by atoms with Gasteiger partial charge < -0.3 is 9.84 Å². The van der Waals surface area contributed by atoms with Crippen molar-refractivity contribution in [1.29, 1.82) is 0 Å². The molecule has 0 spiro atoms. The number of hydrogen-bond acceptors (Lipinski definition) is 2. The Morgan fingerprint density at radius 1 is 1.22 bits per heavy atom.